The van der Waals surface area contributed by atoms with E-state index in [0.29, 0.717) is 10.7 Å². The Morgan fingerprint density at radius 1 is 1.32 bits per heavy atom. The van der Waals surface area contributed by atoms with Gasteiger partial charge in [0.25, 0.3) is 5.69 Å². The van der Waals surface area contributed by atoms with Crippen molar-refractivity contribution in [3.05, 3.63) is 63.2 Å². The Balaban J connectivity index is 1.97. The molecule has 0 aliphatic heterocycles. The maximum Gasteiger partial charge on any atom is 0.273 e. The monoisotopic (exact) mass is 363 g/mol. The summed E-state index contributed by atoms with van der Waals surface area (Å²) < 4.78 is 5.09. The van der Waals surface area contributed by atoms with Crippen LogP contribution in [0, 0.1) is 10.1 Å². The highest BCUT2D eigenvalue weighted by Gasteiger charge is 2.14. The number of nitrogens with one attached hydrogen (secondary N) is 2. The highest BCUT2D eigenvalue weighted by molar-refractivity contribution is 6.30. The van der Waals surface area contributed by atoms with Gasteiger partial charge in [0, 0.05) is 17.1 Å². The first-order chi connectivity index (χ1) is 11.9. The van der Waals surface area contributed by atoms with Gasteiger partial charge in [-0.15, -0.1) is 0 Å². The van der Waals surface area contributed by atoms with Crippen LogP contribution < -0.4 is 15.4 Å². The van der Waals surface area contributed by atoms with Crippen LogP contribution in [-0.4, -0.2) is 24.5 Å². The second kappa shape index (κ2) is 8.46. The van der Waals surface area contributed by atoms with E-state index in [0.717, 1.165) is 5.56 Å². The van der Waals surface area contributed by atoms with Crippen molar-refractivity contribution in [3.8, 4) is 5.75 Å². The number of nitrogens with zero attached hydrogens (tertiary/aromatic N) is 1. The van der Waals surface area contributed by atoms with Crippen LogP contribution in [0.4, 0.5) is 11.4 Å². The molecule has 0 spiro atoms. The number of carbonyl (C=O) groups excluding carboxylic acids is 1. The Hall–Kier alpha value is -2.64. The largest absolute Gasteiger partial charge is 0.494 e. The number of nitro groups is 1. The van der Waals surface area contributed by atoms with E-state index in [4.69, 9.17) is 16.3 Å². The van der Waals surface area contributed by atoms with Crippen molar-refractivity contribution in [2.75, 3.05) is 19.0 Å². The van der Waals surface area contributed by atoms with Gasteiger partial charge < -0.3 is 15.4 Å². The number of hydrogen-bond donors (Lipinski definition) is 2. The number of hydrogen-bond acceptors (Lipinski definition) is 5. The van der Waals surface area contributed by atoms with E-state index in [9.17, 15) is 14.9 Å². The summed E-state index contributed by atoms with van der Waals surface area (Å²) >= 11 is 5.96. The molecule has 1 amide bonds. The average Bonchev–Trinajstić information content (AvgIpc) is 2.59. The van der Waals surface area contributed by atoms with Crippen LogP contribution >= 0.6 is 11.6 Å². The molecule has 7 nitrogen and oxygen atoms in total. The number of nitro benzene ring substituents is 1. The Labute approximate surface area is 150 Å². The summed E-state index contributed by atoms with van der Waals surface area (Å²) in [5.41, 5.74) is 1.23. The summed E-state index contributed by atoms with van der Waals surface area (Å²) in [5, 5.41) is 17.2. The second-order valence-corrected chi connectivity index (χ2v) is 5.78. The summed E-state index contributed by atoms with van der Waals surface area (Å²) in [4.78, 5) is 22.4. The van der Waals surface area contributed by atoms with Crippen LogP contribution in [0.3, 0.4) is 0 Å². The van der Waals surface area contributed by atoms with Crippen molar-refractivity contribution >= 4 is 28.9 Å². The van der Waals surface area contributed by atoms with Crippen LogP contribution in [-0.2, 0) is 4.79 Å². The van der Waals surface area contributed by atoms with Gasteiger partial charge in [-0.25, -0.2) is 0 Å². The fourth-order valence-corrected chi connectivity index (χ4v) is 2.43. The molecular formula is C17H18ClN3O4. The zero-order chi connectivity index (χ0) is 18.4. The van der Waals surface area contributed by atoms with Gasteiger partial charge in [-0.05, 0) is 30.7 Å². The second-order valence-electron chi connectivity index (χ2n) is 5.35. The van der Waals surface area contributed by atoms with Crippen molar-refractivity contribution in [1.29, 1.82) is 0 Å². The minimum atomic E-state index is -0.525. The molecule has 2 aromatic carbocycles. The molecular weight excluding hydrogens is 346 g/mol. The lowest BCUT2D eigenvalue weighted by Gasteiger charge is -2.15. The average molecular weight is 364 g/mol. The van der Waals surface area contributed by atoms with E-state index in [-0.39, 0.29) is 29.9 Å². The Bertz CT molecular complexity index is 782. The molecule has 0 heterocycles. The predicted octanol–water partition coefficient (Wildman–Crippen LogP) is 3.55. The topological polar surface area (TPSA) is 93.5 Å². The number of carbonyl (C=O) groups is 1. The van der Waals surface area contributed by atoms with Crippen molar-refractivity contribution in [1.82, 2.24) is 5.32 Å². The first-order valence-corrected chi connectivity index (χ1v) is 7.89. The van der Waals surface area contributed by atoms with Crippen LogP contribution in [0.5, 0.6) is 5.75 Å². The maximum atomic E-state index is 12.1. The maximum absolute atomic E-state index is 12.1. The van der Waals surface area contributed by atoms with Gasteiger partial charge in [-0.2, -0.15) is 0 Å². The van der Waals surface area contributed by atoms with Gasteiger partial charge in [0.2, 0.25) is 5.91 Å². The molecule has 0 aliphatic carbocycles. The molecule has 0 aliphatic rings. The van der Waals surface area contributed by atoms with Crippen molar-refractivity contribution in [2.45, 2.75) is 13.0 Å². The molecule has 132 valence electrons. The third-order valence-electron chi connectivity index (χ3n) is 3.59. The Morgan fingerprint density at radius 2 is 2.08 bits per heavy atom. The molecule has 25 heavy (non-hydrogen) atoms. The number of anilines is 1. The standard InChI is InChI=1S/C17H18ClN3O4/c1-11(12-4-3-5-13(18)8-12)19-10-17(22)20-15-7-6-14(21(23)24)9-16(15)25-2/h3-9,11,19H,10H2,1-2H3,(H,20,22)/t11-/m1/s1. The molecule has 0 aromatic heterocycles. The number of non-ortho nitro benzene ring substituents is 1. The molecule has 0 unspecified atom stereocenters. The Kier molecular flexibility index (Phi) is 6.32. The lowest BCUT2D eigenvalue weighted by molar-refractivity contribution is -0.384. The van der Waals surface area contributed by atoms with Gasteiger partial charge in [-0.1, -0.05) is 23.7 Å². The van der Waals surface area contributed by atoms with Gasteiger partial charge >= 0.3 is 0 Å². The number of ether oxygens (including phenoxy) is 1. The molecule has 0 saturated heterocycles. The molecule has 1 atom stereocenters. The normalized spacial score (nSPS) is 11.6. The van der Waals surface area contributed by atoms with Crippen molar-refractivity contribution in [3.63, 3.8) is 0 Å². The molecule has 8 heteroatoms. The van der Waals surface area contributed by atoms with Gasteiger partial charge in [0.15, 0.2) is 0 Å². The molecule has 0 bridgehead atoms. The SMILES string of the molecule is COc1cc([N+](=O)[O-])ccc1NC(=O)CN[C@H](C)c1cccc(Cl)c1. The summed E-state index contributed by atoms with van der Waals surface area (Å²) in [7, 11) is 1.38. The minimum absolute atomic E-state index is 0.0633. The van der Waals surface area contributed by atoms with E-state index < -0.39 is 4.92 Å². The minimum Gasteiger partial charge on any atom is -0.494 e. The third-order valence-corrected chi connectivity index (χ3v) is 3.82. The van der Waals surface area contributed by atoms with Crippen LogP contribution in [0.25, 0.3) is 0 Å². The van der Waals surface area contributed by atoms with Crippen molar-refractivity contribution < 1.29 is 14.5 Å². The zero-order valence-corrected chi connectivity index (χ0v) is 14.5. The lowest BCUT2D eigenvalue weighted by atomic mass is 10.1. The number of rotatable bonds is 7. The van der Waals surface area contributed by atoms with Crippen LogP contribution in [0.15, 0.2) is 42.5 Å². The molecule has 0 fully saturated rings. The number of halogens is 1. The highest BCUT2D eigenvalue weighted by atomic mass is 35.5. The van der Waals surface area contributed by atoms with E-state index in [1.807, 2.05) is 25.1 Å². The zero-order valence-electron chi connectivity index (χ0n) is 13.8. The fraction of sp³-hybridized carbons (Fsp3) is 0.235. The van der Waals surface area contributed by atoms with Gasteiger partial charge in [-0.3, -0.25) is 14.9 Å². The fourth-order valence-electron chi connectivity index (χ4n) is 2.23. The summed E-state index contributed by atoms with van der Waals surface area (Å²) in [5.74, 6) is -0.0635. The molecule has 2 rings (SSSR count). The number of methoxy groups -OCH3 is 1. The first kappa shape index (κ1) is 18.7. The summed E-state index contributed by atoms with van der Waals surface area (Å²) in [6.07, 6.45) is 0. The van der Waals surface area contributed by atoms with Crippen molar-refractivity contribution in [2.24, 2.45) is 0 Å². The van der Waals surface area contributed by atoms with Gasteiger partial charge in [0.05, 0.1) is 30.3 Å². The van der Waals surface area contributed by atoms with Crippen LogP contribution in [0.2, 0.25) is 5.02 Å². The molecule has 2 N–H and O–H groups in total. The summed E-state index contributed by atoms with van der Waals surface area (Å²) in [6.45, 7) is 1.99. The number of amides is 1. The quantitative estimate of drug-likeness (QED) is 0.579. The van der Waals surface area contributed by atoms with E-state index >= 15 is 0 Å². The van der Waals surface area contributed by atoms with E-state index in [1.54, 1.807) is 6.07 Å². The van der Waals surface area contributed by atoms with Gasteiger partial charge in [0.1, 0.15) is 5.75 Å². The molecule has 0 saturated carbocycles. The smallest absolute Gasteiger partial charge is 0.273 e. The van der Waals surface area contributed by atoms with E-state index in [2.05, 4.69) is 10.6 Å². The van der Waals surface area contributed by atoms with E-state index in [1.165, 1.54) is 25.3 Å². The molecule has 0 radical (unpaired) electrons. The molecule has 2 aromatic rings. The van der Waals surface area contributed by atoms with Crippen LogP contribution in [0.1, 0.15) is 18.5 Å². The first-order valence-electron chi connectivity index (χ1n) is 7.52. The lowest BCUT2D eigenvalue weighted by Crippen LogP contribution is -2.30. The highest BCUT2D eigenvalue weighted by Crippen LogP contribution is 2.28. The number of benzene rings is 2. The summed E-state index contributed by atoms with van der Waals surface area (Å²) in [6, 6.07) is 11.3. The Morgan fingerprint density at radius 3 is 2.72 bits per heavy atom. The third kappa shape index (κ3) is 5.17. The predicted molar refractivity (Wildman–Crippen MR) is 96.1 cm³/mol.